The zero-order chi connectivity index (χ0) is 15.6. The largest absolute Gasteiger partial charge is 0.484 e. The number of nitro benzene ring substituents is 1. The van der Waals surface area contributed by atoms with E-state index in [1.807, 2.05) is 25.7 Å². The Morgan fingerprint density at radius 3 is 2.76 bits per heavy atom. The lowest BCUT2D eigenvalue weighted by molar-refractivity contribution is -0.385. The highest BCUT2D eigenvalue weighted by Crippen LogP contribution is 2.39. The lowest BCUT2D eigenvalue weighted by Crippen LogP contribution is -2.43. The van der Waals surface area contributed by atoms with E-state index in [1.165, 1.54) is 0 Å². The number of nitrogens with zero attached hydrogens (tertiary/aromatic N) is 2. The van der Waals surface area contributed by atoms with Crippen LogP contribution in [0.2, 0.25) is 0 Å². The van der Waals surface area contributed by atoms with Crippen molar-refractivity contribution in [3.63, 3.8) is 0 Å². The highest BCUT2D eigenvalue weighted by atomic mass is 16.6. The second-order valence-electron chi connectivity index (χ2n) is 5.83. The summed E-state index contributed by atoms with van der Waals surface area (Å²) >= 11 is 0. The lowest BCUT2D eigenvalue weighted by Gasteiger charge is -2.35. The minimum Gasteiger partial charge on any atom is -0.484 e. The van der Waals surface area contributed by atoms with Crippen molar-refractivity contribution in [2.45, 2.75) is 39.4 Å². The second-order valence-corrected chi connectivity index (χ2v) is 5.83. The van der Waals surface area contributed by atoms with Crippen LogP contribution in [0, 0.1) is 16.0 Å². The third-order valence-corrected chi connectivity index (χ3v) is 3.78. The van der Waals surface area contributed by atoms with Crippen molar-refractivity contribution in [3.05, 3.63) is 28.3 Å². The molecule has 2 rings (SSSR count). The van der Waals surface area contributed by atoms with Gasteiger partial charge in [0, 0.05) is 13.1 Å². The molecular weight excluding hydrogens is 272 g/mol. The molecule has 1 aliphatic heterocycles. The van der Waals surface area contributed by atoms with Crippen LogP contribution in [0.5, 0.6) is 5.75 Å². The normalized spacial score (nSPS) is 22.4. The molecule has 0 radical (unpaired) electrons. The number of aliphatic hydroxyl groups excluding tert-OH is 1. The summed E-state index contributed by atoms with van der Waals surface area (Å²) in [7, 11) is 0. The summed E-state index contributed by atoms with van der Waals surface area (Å²) in [6.07, 6.45) is 0.215. The number of hydrogen-bond acceptors (Lipinski definition) is 5. The van der Waals surface area contributed by atoms with Gasteiger partial charge in [0.25, 0.3) is 0 Å². The van der Waals surface area contributed by atoms with Crippen molar-refractivity contribution in [2.24, 2.45) is 5.92 Å². The monoisotopic (exact) mass is 294 g/mol. The zero-order valence-electron chi connectivity index (χ0n) is 12.7. The van der Waals surface area contributed by atoms with E-state index in [9.17, 15) is 15.2 Å². The van der Waals surface area contributed by atoms with Crippen LogP contribution in [0.1, 0.15) is 27.2 Å². The number of β-amino-alcohol motifs (C(OH)–C–C–N with tert-alkyl or cyclic N) is 1. The highest BCUT2D eigenvalue weighted by molar-refractivity contribution is 5.70. The van der Waals surface area contributed by atoms with Crippen molar-refractivity contribution in [1.82, 2.24) is 0 Å². The van der Waals surface area contributed by atoms with E-state index in [4.69, 9.17) is 4.74 Å². The predicted octanol–water partition coefficient (Wildman–Crippen LogP) is 2.59. The van der Waals surface area contributed by atoms with Gasteiger partial charge in [0.05, 0.1) is 17.1 Å². The van der Waals surface area contributed by atoms with Gasteiger partial charge in [-0.2, -0.15) is 0 Å². The fourth-order valence-electron chi connectivity index (χ4n) is 2.57. The average Bonchev–Trinajstić information content (AvgIpc) is 2.40. The molecule has 0 bridgehead atoms. The summed E-state index contributed by atoms with van der Waals surface area (Å²) < 4.78 is 5.56. The number of hydrogen-bond donors (Lipinski definition) is 1. The van der Waals surface area contributed by atoms with E-state index in [-0.39, 0.29) is 23.5 Å². The van der Waals surface area contributed by atoms with Gasteiger partial charge in [-0.1, -0.05) is 13.0 Å². The van der Waals surface area contributed by atoms with E-state index in [2.05, 4.69) is 0 Å². The topological polar surface area (TPSA) is 75.8 Å². The Morgan fingerprint density at radius 1 is 1.48 bits per heavy atom. The number of nitro groups is 1. The first kappa shape index (κ1) is 15.6. The summed E-state index contributed by atoms with van der Waals surface area (Å²) in [5.74, 6) is 0.496. The number of anilines is 1. The van der Waals surface area contributed by atoms with Gasteiger partial charge in [0.2, 0.25) is 0 Å². The fraction of sp³-hybridized carbons (Fsp3) is 0.600. The van der Waals surface area contributed by atoms with Crippen LogP contribution in [0.4, 0.5) is 11.4 Å². The molecule has 1 saturated heterocycles. The van der Waals surface area contributed by atoms with Gasteiger partial charge >= 0.3 is 5.69 Å². The fourth-order valence-corrected chi connectivity index (χ4v) is 2.57. The molecule has 0 amide bonds. The number of aliphatic hydroxyl groups is 1. The molecule has 2 atom stereocenters. The van der Waals surface area contributed by atoms with Crippen LogP contribution in [0.15, 0.2) is 18.2 Å². The maximum Gasteiger partial charge on any atom is 0.333 e. The van der Waals surface area contributed by atoms with Crippen molar-refractivity contribution in [3.8, 4) is 5.75 Å². The summed E-state index contributed by atoms with van der Waals surface area (Å²) in [4.78, 5) is 12.9. The van der Waals surface area contributed by atoms with Gasteiger partial charge in [-0.15, -0.1) is 0 Å². The minimum atomic E-state index is -0.465. The molecular formula is C15H22N2O4. The smallest absolute Gasteiger partial charge is 0.333 e. The number of benzene rings is 1. The Hall–Kier alpha value is -1.82. The van der Waals surface area contributed by atoms with Gasteiger partial charge in [-0.25, -0.2) is 0 Å². The molecule has 1 fully saturated rings. The van der Waals surface area contributed by atoms with Gasteiger partial charge in [0.1, 0.15) is 5.69 Å². The summed E-state index contributed by atoms with van der Waals surface area (Å²) in [6.45, 7) is 6.78. The van der Waals surface area contributed by atoms with Crippen molar-refractivity contribution >= 4 is 11.4 Å². The van der Waals surface area contributed by atoms with Crippen LogP contribution in [0.25, 0.3) is 0 Å². The molecule has 21 heavy (non-hydrogen) atoms. The molecule has 1 heterocycles. The molecule has 0 aromatic heterocycles. The number of piperidine rings is 1. The Labute approximate surface area is 124 Å². The quantitative estimate of drug-likeness (QED) is 0.682. The molecule has 6 heteroatoms. The van der Waals surface area contributed by atoms with Crippen LogP contribution in [0.3, 0.4) is 0 Å². The Balaban J connectivity index is 2.36. The molecule has 0 aliphatic carbocycles. The highest BCUT2D eigenvalue weighted by Gasteiger charge is 2.30. The first-order chi connectivity index (χ1) is 9.90. The summed E-state index contributed by atoms with van der Waals surface area (Å²) in [5, 5.41) is 21.5. The lowest BCUT2D eigenvalue weighted by atomic mass is 9.95. The standard InChI is InChI=1S/C15H22N2O4/c1-10(2)21-14-6-4-5-12(15(14)17(19)20)16-8-7-11(3)13(18)9-16/h4-6,10-11,13,18H,7-9H2,1-3H3. The predicted molar refractivity (Wildman–Crippen MR) is 80.9 cm³/mol. The minimum absolute atomic E-state index is 0.0204. The van der Waals surface area contributed by atoms with Gasteiger partial charge in [-0.3, -0.25) is 10.1 Å². The van der Waals surface area contributed by atoms with Crippen LogP contribution < -0.4 is 9.64 Å². The molecule has 116 valence electrons. The maximum atomic E-state index is 11.4. The molecule has 6 nitrogen and oxygen atoms in total. The third-order valence-electron chi connectivity index (χ3n) is 3.78. The Morgan fingerprint density at radius 2 is 2.19 bits per heavy atom. The Bertz CT molecular complexity index is 518. The van der Waals surface area contributed by atoms with E-state index in [0.717, 1.165) is 6.42 Å². The molecule has 0 saturated carbocycles. The first-order valence-corrected chi connectivity index (χ1v) is 7.27. The van der Waals surface area contributed by atoms with Gasteiger partial charge in [0.15, 0.2) is 5.75 Å². The molecule has 0 spiro atoms. The number of ether oxygens (including phenoxy) is 1. The molecule has 1 aromatic carbocycles. The molecule has 1 N–H and O–H groups in total. The SMILES string of the molecule is CC(C)Oc1cccc(N2CCC(C)C(O)C2)c1[N+](=O)[O-]. The molecule has 1 aromatic rings. The van der Waals surface area contributed by atoms with Crippen molar-refractivity contribution < 1.29 is 14.8 Å². The molecule has 1 aliphatic rings. The maximum absolute atomic E-state index is 11.4. The second kappa shape index (κ2) is 6.30. The molecule has 2 unspecified atom stereocenters. The van der Waals surface area contributed by atoms with Crippen LogP contribution in [-0.4, -0.2) is 35.3 Å². The first-order valence-electron chi connectivity index (χ1n) is 7.27. The van der Waals surface area contributed by atoms with Gasteiger partial charge in [-0.05, 0) is 38.3 Å². The van der Waals surface area contributed by atoms with Gasteiger partial charge < -0.3 is 14.7 Å². The zero-order valence-corrected chi connectivity index (χ0v) is 12.7. The summed E-state index contributed by atoms with van der Waals surface area (Å²) in [6, 6.07) is 5.09. The third kappa shape index (κ3) is 3.44. The number of para-hydroxylation sites is 1. The van der Waals surface area contributed by atoms with Crippen molar-refractivity contribution in [2.75, 3.05) is 18.0 Å². The van der Waals surface area contributed by atoms with E-state index >= 15 is 0 Å². The van der Waals surface area contributed by atoms with E-state index in [0.29, 0.717) is 18.8 Å². The van der Waals surface area contributed by atoms with Crippen molar-refractivity contribution in [1.29, 1.82) is 0 Å². The van der Waals surface area contributed by atoms with E-state index in [1.54, 1.807) is 18.2 Å². The van der Waals surface area contributed by atoms with Crippen LogP contribution >= 0.6 is 0 Å². The average molecular weight is 294 g/mol. The Kier molecular flexibility index (Phi) is 4.67. The van der Waals surface area contributed by atoms with Crippen LogP contribution in [-0.2, 0) is 0 Å². The number of rotatable bonds is 4. The van der Waals surface area contributed by atoms with E-state index < -0.39 is 11.0 Å². The summed E-state index contributed by atoms with van der Waals surface area (Å²) in [5.41, 5.74) is 0.497.